The molecule has 0 saturated heterocycles. The van der Waals surface area contributed by atoms with E-state index in [2.05, 4.69) is 24.5 Å². The molecule has 0 saturated carbocycles. The third-order valence-corrected chi connectivity index (χ3v) is 3.08. The van der Waals surface area contributed by atoms with Crippen molar-refractivity contribution >= 4 is 11.6 Å². The molecule has 1 amide bonds. The number of rotatable bonds is 6. The summed E-state index contributed by atoms with van der Waals surface area (Å²) in [6.07, 6.45) is 1.85. The van der Waals surface area contributed by atoms with Crippen LogP contribution in [0.5, 0.6) is 0 Å². The summed E-state index contributed by atoms with van der Waals surface area (Å²) in [5.74, 6) is -0.679. The average Bonchev–Trinajstić information content (AvgIpc) is 2.86. The van der Waals surface area contributed by atoms with E-state index in [-0.39, 0.29) is 18.1 Å². The first-order valence-electron chi connectivity index (χ1n) is 6.98. The van der Waals surface area contributed by atoms with Gasteiger partial charge in [-0.1, -0.05) is 26.0 Å². The highest BCUT2D eigenvalue weighted by atomic mass is 19.1. The summed E-state index contributed by atoms with van der Waals surface area (Å²) in [5.41, 5.74) is 1.23. The van der Waals surface area contributed by atoms with Crippen molar-refractivity contribution in [1.82, 2.24) is 9.88 Å². The van der Waals surface area contributed by atoms with Gasteiger partial charge in [0.1, 0.15) is 12.4 Å². The van der Waals surface area contributed by atoms with E-state index in [0.717, 1.165) is 5.69 Å². The monoisotopic (exact) mass is 289 g/mol. The van der Waals surface area contributed by atoms with Gasteiger partial charge in [0, 0.05) is 24.5 Å². The molecule has 0 aliphatic rings. The summed E-state index contributed by atoms with van der Waals surface area (Å²) in [7, 11) is 0. The lowest BCUT2D eigenvalue weighted by Crippen LogP contribution is -2.25. The van der Waals surface area contributed by atoms with Gasteiger partial charge in [0.15, 0.2) is 0 Å². The van der Waals surface area contributed by atoms with Crippen LogP contribution in [0.4, 0.5) is 10.1 Å². The first-order valence-corrected chi connectivity index (χ1v) is 6.98. The Kier molecular flexibility index (Phi) is 5.11. The predicted octanol–water partition coefficient (Wildman–Crippen LogP) is 2.76. The molecular weight excluding hydrogens is 269 g/mol. The number of benzene rings is 1. The van der Waals surface area contributed by atoms with Crippen LogP contribution in [-0.2, 0) is 17.9 Å². The number of amides is 1. The van der Waals surface area contributed by atoms with E-state index in [0.29, 0.717) is 12.6 Å². The number of nitrogens with zero attached hydrogens (tertiary/aromatic N) is 1. The van der Waals surface area contributed by atoms with Gasteiger partial charge in [-0.2, -0.15) is 0 Å². The maximum Gasteiger partial charge on any atom is 0.244 e. The molecule has 0 spiro atoms. The lowest BCUT2D eigenvalue weighted by molar-refractivity contribution is -0.116. The number of hydrogen-bond donors (Lipinski definition) is 2. The van der Waals surface area contributed by atoms with E-state index in [4.69, 9.17) is 0 Å². The second-order valence-electron chi connectivity index (χ2n) is 5.19. The van der Waals surface area contributed by atoms with E-state index in [1.165, 1.54) is 6.07 Å². The topological polar surface area (TPSA) is 46.1 Å². The Morgan fingerprint density at radius 3 is 2.71 bits per heavy atom. The molecule has 1 aromatic carbocycles. The highest BCUT2D eigenvalue weighted by Gasteiger charge is 2.09. The minimum Gasteiger partial charge on any atom is -0.341 e. The van der Waals surface area contributed by atoms with Gasteiger partial charge in [-0.05, 0) is 24.3 Å². The minimum atomic E-state index is -0.431. The molecule has 0 unspecified atom stereocenters. The molecular formula is C16H20FN3O. The first kappa shape index (κ1) is 15.3. The smallest absolute Gasteiger partial charge is 0.244 e. The van der Waals surface area contributed by atoms with Crippen LogP contribution < -0.4 is 10.6 Å². The van der Waals surface area contributed by atoms with Crippen LogP contribution in [0, 0.1) is 5.82 Å². The van der Waals surface area contributed by atoms with E-state index in [1.807, 2.05) is 22.9 Å². The van der Waals surface area contributed by atoms with Crippen LogP contribution in [0.1, 0.15) is 19.5 Å². The molecule has 2 aromatic rings. The predicted molar refractivity (Wildman–Crippen MR) is 81.4 cm³/mol. The second kappa shape index (κ2) is 7.04. The van der Waals surface area contributed by atoms with Crippen molar-refractivity contribution in [1.29, 1.82) is 0 Å². The fourth-order valence-electron chi connectivity index (χ4n) is 1.98. The third kappa shape index (κ3) is 4.43. The maximum atomic E-state index is 13.5. The Hall–Kier alpha value is -2.14. The van der Waals surface area contributed by atoms with E-state index < -0.39 is 5.82 Å². The number of halogens is 1. The van der Waals surface area contributed by atoms with Crippen LogP contribution in [-0.4, -0.2) is 16.5 Å². The number of nitrogens with one attached hydrogen (secondary N) is 2. The molecule has 0 bridgehead atoms. The number of carbonyl (C=O) groups is 1. The molecule has 1 heterocycles. The molecule has 0 radical (unpaired) electrons. The van der Waals surface area contributed by atoms with Crippen LogP contribution >= 0.6 is 0 Å². The molecule has 2 rings (SSSR count). The average molecular weight is 289 g/mol. The lowest BCUT2D eigenvalue weighted by atomic mass is 10.3. The Balaban J connectivity index is 1.97. The molecule has 0 aliphatic carbocycles. The molecule has 4 nitrogen and oxygen atoms in total. The van der Waals surface area contributed by atoms with Crippen molar-refractivity contribution < 1.29 is 9.18 Å². The molecule has 5 heteroatoms. The quantitative estimate of drug-likeness (QED) is 0.859. The summed E-state index contributed by atoms with van der Waals surface area (Å²) in [4.78, 5) is 12.0. The van der Waals surface area contributed by atoms with Crippen molar-refractivity contribution in [2.24, 2.45) is 0 Å². The minimum absolute atomic E-state index is 0.163. The summed E-state index contributed by atoms with van der Waals surface area (Å²) < 4.78 is 15.3. The second-order valence-corrected chi connectivity index (χ2v) is 5.19. The number of anilines is 1. The van der Waals surface area contributed by atoms with Gasteiger partial charge in [-0.15, -0.1) is 0 Å². The standard InChI is InChI=1S/C16H20FN3O/c1-12(2)18-10-13-6-5-9-20(13)11-16(21)19-15-8-4-3-7-14(15)17/h3-9,12,18H,10-11H2,1-2H3,(H,19,21). The molecule has 112 valence electrons. The Morgan fingerprint density at radius 2 is 2.00 bits per heavy atom. The van der Waals surface area contributed by atoms with Gasteiger partial charge in [0.2, 0.25) is 5.91 Å². The molecule has 1 aromatic heterocycles. The zero-order valence-corrected chi connectivity index (χ0v) is 12.3. The van der Waals surface area contributed by atoms with Crippen molar-refractivity contribution in [3.05, 3.63) is 54.1 Å². The van der Waals surface area contributed by atoms with E-state index in [1.54, 1.807) is 18.2 Å². The number of aromatic nitrogens is 1. The zero-order chi connectivity index (χ0) is 15.2. The number of hydrogen-bond acceptors (Lipinski definition) is 2. The van der Waals surface area contributed by atoms with Crippen molar-refractivity contribution in [2.45, 2.75) is 33.0 Å². The Morgan fingerprint density at radius 1 is 1.24 bits per heavy atom. The highest BCUT2D eigenvalue weighted by molar-refractivity contribution is 5.90. The van der Waals surface area contributed by atoms with Crippen LogP contribution in [0.25, 0.3) is 0 Å². The lowest BCUT2D eigenvalue weighted by Gasteiger charge is -2.12. The molecule has 21 heavy (non-hydrogen) atoms. The molecule has 0 atom stereocenters. The maximum absolute atomic E-state index is 13.5. The largest absolute Gasteiger partial charge is 0.341 e. The van der Waals surface area contributed by atoms with E-state index >= 15 is 0 Å². The third-order valence-electron chi connectivity index (χ3n) is 3.08. The van der Waals surface area contributed by atoms with Crippen molar-refractivity contribution in [3.8, 4) is 0 Å². The normalized spacial score (nSPS) is 10.9. The highest BCUT2D eigenvalue weighted by Crippen LogP contribution is 2.12. The van der Waals surface area contributed by atoms with Gasteiger partial charge in [0.05, 0.1) is 5.69 Å². The van der Waals surface area contributed by atoms with Crippen LogP contribution in [0.3, 0.4) is 0 Å². The van der Waals surface area contributed by atoms with Gasteiger partial charge in [-0.3, -0.25) is 4.79 Å². The Bertz CT molecular complexity index is 607. The SMILES string of the molecule is CC(C)NCc1cccn1CC(=O)Nc1ccccc1F. The molecule has 0 aliphatic heterocycles. The first-order chi connectivity index (χ1) is 10.1. The van der Waals surface area contributed by atoms with Gasteiger partial charge in [0.25, 0.3) is 0 Å². The molecule has 2 N–H and O–H groups in total. The van der Waals surface area contributed by atoms with Crippen molar-refractivity contribution in [2.75, 3.05) is 5.32 Å². The van der Waals surface area contributed by atoms with Gasteiger partial charge >= 0.3 is 0 Å². The fraction of sp³-hybridized carbons (Fsp3) is 0.312. The fourth-order valence-corrected chi connectivity index (χ4v) is 1.98. The van der Waals surface area contributed by atoms with E-state index in [9.17, 15) is 9.18 Å². The summed E-state index contributed by atoms with van der Waals surface area (Å²) in [6, 6.07) is 10.4. The molecule has 0 fully saturated rings. The van der Waals surface area contributed by atoms with Gasteiger partial charge < -0.3 is 15.2 Å². The Labute approximate surface area is 124 Å². The summed E-state index contributed by atoms with van der Waals surface area (Å²) in [5, 5.41) is 5.89. The number of carbonyl (C=O) groups excluding carboxylic acids is 1. The zero-order valence-electron chi connectivity index (χ0n) is 12.3. The summed E-state index contributed by atoms with van der Waals surface area (Å²) in [6.45, 7) is 4.99. The number of para-hydroxylation sites is 1. The van der Waals surface area contributed by atoms with Crippen molar-refractivity contribution in [3.63, 3.8) is 0 Å². The van der Waals surface area contributed by atoms with Crippen LogP contribution in [0.15, 0.2) is 42.6 Å². The van der Waals surface area contributed by atoms with Crippen LogP contribution in [0.2, 0.25) is 0 Å². The summed E-state index contributed by atoms with van der Waals surface area (Å²) >= 11 is 0. The van der Waals surface area contributed by atoms with Gasteiger partial charge in [-0.25, -0.2) is 4.39 Å².